The van der Waals surface area contributed by atoms with E-state index in [0.29, 0.717) is 0 Å². The van der Waals surface area contributed by atoms with Crippen LogP contribution in [-0.2, 0) is 9.16 Å². The van der Waals surface area contributed by atoms with Crippen LogP contribution >= 0.6 is 0 Å². The molecule has 1 aliphatic heterocycles. The number of aliphatic hydroxyl groups excluding tert-OH is 3. The van der Waals surface area contributed by atoms with Crippen LogP contribution in [0.3, 0.4) is 0 Å². The van der Waals surface area contributed by atoms with Crippen LogP contribution in [0.2, 0.25) is 18.1 Å². The first kappa shape index (κ1) is 17.0. The minimum atomic E-state index is -2.04. The summed E-state index contributed by atoms with van der Waals surface area (Å²) in [6.07, 6.45) is -7.76. The fourth-order valence-corrected chi connectivity index (χ4v) is 2.56. The molecular weight excluding hydrogens is 271 g/mol. The van der Waals surface area contributed by atoms with Gasteiger partial charge < -0.3 is 24.5 Å². The summed E-state index contributed by atoms with van der Waals surface area (Å²) in [4.78, 5) is 0. The van der Waals surface area contributed by atoms with Gasteiger partial charge in [-0.25, -0.2) is 4.39 Å². The van der Waals surface area contributed by atoms with Crippen LogP contribution in [0.15, 0.2) is 0 Å². The van der Waals surface area contributed by atoms with Crippen LogP contribution in [-0.4, -0.2) is 61.0 Å². The van der Waals surface area contributed by atoms with Gasteiger partial charge in [0.1, 0.15) is 18.3 Å². The van der Waals surface area contributed by atoms with E-state index in [4.69, 9.17) is 9.16 Å². The molecule has 5 nitrogen and oxygen atoms in total. The Hall–Kier alpha value is -0.0531. The molecule has 0 radical (unpaired) electrons. The summed E-state index contributed by atoms with van der Waals surface area (Å²) in [5.41, 5.74) is 0. The van der Waals surface area contributed by atoms with E-state index in [1.807, 2.05) is 13.1 Å². The summed E-state index contributed by atoms with van der Waals surface area (Å²) in [6.45, 7) is 10.2. The Morgan fingerprint density at radius 2 is 1.68 bits per heavy atom. The molecule has 0 aromatic carbocycles. The van der Waals surface area contributed by atoms with E-state index < -0.39 is 39.1 Å². The van der Waals surface area contributed by atoms with E-state index >= 15 is 0 Å². The molecule has 0 spiro atoms. The average molecular weight is 296 g/mol. The van der Waals surface area contributed by atoms with Gasteiger partial charge >= 0.3 is 0 Å². The second kappa shape index (κ2) is 5.75. The molecule has 1 fully saturated rings. The van der Waals surface area contributed by atoms with E-state index in [1.165, 1.54) is 0 Å². The van der Waals surface area contributed by atoms with Gasteiger partial charge in [0, 0.05) is 0 Å². The zero-order valence-corrected chi connectivity index (χ0v) is 13.1. The van der Waals surface area contributed by atoms with Gasteiger partial charge in [-0.1, -0.05) is 20.8 Å². The Kier molecular flexibility index (Phi) is 5.14. The molecule has 0 aromatic heterocycles. The molecule has 1 heterocycles. The van der Waals surface area contributed by atoms with Gasteiger partial charge in [0.25, 0.3) is 0 Å². The van der Waals surface area contributed by atoms with Crippen molar-refractivity contribution in [2.24, 2.45) is 0 Å². The zero-order valence-electron chi connectivity index (χ0n) is 12.1. The molecule has 1 unspecified atom stereocenters. The van der Waals surface area contributed by atoms with Crippen molar-refractivity contribution in [3.05, 3.63) is 0 Å². The van der Waals surface area contributed by atoms with E-state index in [-0.39, 0.29) is 11.6 Å². The Labute approximate surface area is 114 Å². The highest BCUT2D eigenvalue weighted by molar-refractivity contribution is 6.74. The van der Waals surface area contributed by atoms with Crippen molar-refractivity contribution in [1.82, 2.24) is 0 Å². The van der Waals surface area contributed by atoms with Crippen molar-refractivity contribution in [3.63, 3.8) is 0 Å². The highest BCUT2D eigenvalue weighted by atomic mass is 28.4. The number of alkyl halides is 1. The summed E-state index contributed by atoms with van der Waals surface area (Å²) in [5.74, 6) is 0. The van der Waals surface area contributed by atoms with Crippen LogP contribution in [0.25, 0.3) is 0 Å². The standard InChI is InChI=1S/C12H25FO5Si/c1-12(2,3)19(4,5)17-6-7-9(14)8(13)10(15)11(16)18-7/h7-11,14-16H,6H2,1-5H3/t7-,8+,9-,10+,11?/m1/s1. The molecule has 0 aromatic rings. The Balaban J connectivity index is 2.63. The summed E-state index contributed by atoms with van der Waals surface area (Å²) >= 11 is 0. The van der Waals surface area contributed by atoms with Crippen molar-refractivity contribution in [1.29, 1.82) is 0 Å². The highest BCUT2D eigenvalue weighted by Gasteiger charge is 2.46. The minimum Gasteiger partial charge on any atom is -0.414 e. The van der Waals surface area contributed by atoms with Gasteiger partial charge in [-0.05, 0) is 18.1 Å². The SMILES string of the molecule is CC(C)(C)[Si](C)(C)OC[C@H]1OC(O)[C@@H](O)[C@@H](F)[C@@H]1O. The van der Waals surface area contributed by atoms with Gasteiger partial charge in [-0.2, -0.15) is 0 Å². The molecule has 1 aliphatic rings. The molecule has 5 atom stereocenters. The average Bonchev–Trinajstić information content (AvgIpc) is 2.28. The van der Waals surface area contributed by atoms with Crippen molar-refractivity contribution < 1.29 is 28.9 Å². The number of hydrogen-bond acceptors (Lipinski definition) is 5. The third kappa shape index (κ3) is 3.74. The molecule has 114 valence electrons. The molecule has 1 saturated heterocycles. The lowest BCUT2D eigenvalue weighted by Crippen LogP contribution is -2.58. The first-order chi connectivity index (χ1) is 8.47. The summed E-state index contributed by atoms with van der Waals surface area (Å²) in [7, 11) is -2.04. The van der Waals surface area contributed by atoms with E-state index in [1.54, 1.807) is 0 Å². The number of rotatable bonds is 3. The monoisotopic (exact) mass is 296 g/mol. The lowest BCUT2D eigenvalue weighted by Gasteiger charge is -2.41. The Bertz CT molecular complexity index is 307. The quantitative estimate of drug-likeness (QED) is 0.671. The fraction of sp³-hybridized carbons (Fsp3) is 1.00. The lowest BCUT2D eigenvalue weighted by atomic mass is 10.0. The Morgan fingerprint density at radius 1 is 1.16 bits per heavy atom. The first-order valence-electron chi connectivity index (χ1n) is 6.45. The Morgan fingerprint density at radius 3 is 2.16 bits per heavy atom. The molecule has 0 amide bonds. The molecule has 0 saturated carbocycles. The molecule has 7 heteroatoms. The van der Waals surface area contributed by atoms with E-state index in [2.05, 4.69) is 20.8 Å². The van der Waals surface area contributed by atoms with Crippen LogP contribution in [0.5, 0.6) is 0 Å². The maximum absolute atomic E-state index is 13.5. The number of hydrogen-bond donors (Lipinski definition) is 3. The van der Waals surface area contributed by atoms with Gasteiger partial charge in [0.15, 0.2) is 20.8 Å². The van der Waals surface area contributed by atoms with Gasteiger partial charge in [0.2, 0.25) is 0 Å². The van der Waals surface area contributed by atoms with Crippen LogP contribution < -0.4 is 0 Å². The second-order valence-corrected chi connectivity index (χ2v) is 11.4. The summed E-state index contributed by atoms with van der Waals surface area (Å²) in [5, 5.41) is 28.3. The molecule has 1 rings (SSSR count). The highest BCUT2D eigenvalue weighted by Crippen LogP contribution is 2.37. The molecule has 3 N–H and O–H groups in total. The van der Waals surface area contributed by atoms with Gasteiger partial charge in [-0.15, -0.1) is 0 Å². The van der Waals surface area contributed by atoms with Crippen molar-refractivity contribution in [3.8, 4) is 0 Å². The molecule has 0 aliphatic carbocycles. The van der Waals surface area contributed by atoms with Crippen molar-refractivity contribution in [2.75, 3.05) is 6.61 Å². The van der Waals surface area contributed by atoms with Crippen molar-refractivity contribution >= 4 is 8.32 Å². The second-order valence-electron chi connectivity index (χ2n) is 6.56. The van der Waals surface area contributed by atoms with Crippen LogP contribution in [0.1, 0.15) is 20.8 Å². The third-order valence-corrected chi connectivity index (χ3v) is 8.56. The molecule has 19 heavy (non-hydrogen) atoms. The zero-order chi connectivity index (χ0) is 15.0. The molecule has 0 bridgehead atoms. The number of halogens is 1. The first-order valence-corrected chi connectivity index (χ1v) is 9.36. The third-order valence-electron chi connectivity index (χ3n) is 4.05. The maximum Gasteiger partial charge on any atom is 0.192 e. The minimum absolute atomic E-state index is 0.00184. The fourth-order valence-electron chi connectivity index (χ4n) is 1.55. The number of ether oxygens (including phenoxy) is 1. The normalized spacial score (nSPS) is 37.4. The van der Waals surface area contributed by atoms with Crippen LogP contribution in [0.4, 0.5) is 4.39 Å². The van der Waals surface area contributed by atoms with Gasteiger partial charge in [0.05, 0.1) is 6.61 Å². The predicted molar refractivity (Wildman–Crippen MR) is 70.9 cm³/mol. The van der Waals surface area contributed by atoms with Crippen molar-refractivity contribution in [2.45, 2.75) is 69.7 Å². The largest absolute Gasteiger partial charge is 0.414 e. The summed E-state index contributed by atoms with van der Waals surface area (Å²) in [6, 6.07) is 0. The summed E-state index contributed by atoms with van der Waals surface area (Å²) < 4.78 is 24.4. The van der Waals surface area contributed by atoms with E-state index in [9.17, 15) is 19.7 Å². The van der Waals surface area contributed by atoms with Crippen LogP contribution in [0, 0.1) is 0 Å². The smallest absolute Gasteiger partial charge is 0.192 e. The predicted octanol–water partition coefficient (Wildman–Crippen LogP) is 0.785. The topological polar surface area (TPSA) is 79.2 Å². The number of aliphatic hydroxyl groups is 3. The lowest BCUT2D eigenvalue weighted by molar-refractivity contribution is -0.273. The molecular formula is C12H25FO5Si. The van der Waals surface area contributed by atoms with Gasteiger partial charge in [-0.3, -0.25) is 0 Å². The van der Waals surface area contributed by atoms with E-state index in [0.717, 1.165) is 0 Å². The maximum atomic E-state index is 13.5.